The number of hydrogen-bond acceptors (Lipinski definition) is 5. The van der Waals surface area contributed by atoms with Crippen molar-refractivity contribution in [2.24, 2.45) is 0 Å². The van der Waals surface area contributed by atoms with E-state index in [-0.39, 0.29) is 10.8 Å². The number of amides is 1. The summed E-state index contributed by atoms with van der Waals surface area (Å²) in [6, 6.07) is 19.5. The first-order valence-corrected chi connectivity index (χ1v) is 11.1. The molecule has 0 saturated carbocycles. The molecule has 1 aliphatic rings. The molecule has 2 heterocycles. The molecule has 1 amide bonds. The quantitative estimate of drug-likeness (QED) is 0.684. The minimum atomic E-state index is -3.58. The van der Waals surface area contributed by atoms with Crippen LogP contribution >= 0.6 is 0 Å². The number of pyridine rings is 1. The third-order valence-corrected chi connectivity index (χ3v) is 6.97. The predicted molar refractivity (Wildman–Crippen MR) is 116 cm³/mol. The SMILES string of the molecule is O=C(Nc1ccc(S(=O)(=O)N2CCN(c3ccccc3)CC2)cc1)c1ccncc1. The zero-order chi connectivity index (χ0) is 21.0. The lowest BCUT2D eigenvalue weighted by Gasteiger charge is -2.35. The molecule has 7 nitrogen and oxygen atoms in total. The van der Waals surface area contributed by atoms with E-state index in [1.165, 1.54) is 16.4 Å². The van der Waals surface area contributed by atoms with Crippen LogP contribution in [0.4, 0.5) is 11.4 Å². The van der Waals surface area contributed by atoms with Crippen LogP contribution in [0.2, 0.25) is 0 Å². The van der Waals surface area contributed by atoms with Gasteiger partial charge in [-0.3, -0.25) is 9.78 Å². The average molecular weight is 423 g/mol. The summed E-state index contributed by atoms with van der Waals surface area (Å²) in [7, 11) is -3.58. The first-order valence-electron chi connectivity index (χ1n) is 9.66. The zero-order valence-electron chi connectivity index (χ0n) is 16.3. The maximum absolute atomic E-state index is 13.0. The maximum Gasteiger partial charge on any atom is 0.255 e. The van der Waals surface area contributed by atoms with E-state index in [4.69, 9.17) is 0 Å². The van der Waals surface area contributed by atoms with Gasteiger partial charge in [-0.1, -0.05) is 18.2 Å². The van der Waals surface area contributed by atoms with Crippen LogP contribution in [0.15, 0.2) is 84.0 Å². The van der Waals surface area contributed by atoms with Gasteiger partial charge in [-0.2, -0.15) is 4.31 Å². The topological polar surface area (TPSA) is 82.6 Å². The lowest BCUT2D eigenvalue weighted by atomic mass is 10.2. The fraction of sp³-hybridized carbons (Fsp3) is 0.182. The largest absolute Gasteiger partial charge is 0.369 e. The summed E-state index contributed by atoms with van der Waals surface area (Å²) < 4.78 is 27.5. The number of nitrogens with zero attached hydrogens (tertiary/aromatic N) is 3. The van der Waals surface area contributed by atoms with Crippen LogP contribution in [0.5, 0.6) is 0 Å². The van der Waals surface area contributed by atoms with Gasteiger partial charge in [-0.15, -0.1) is 0 Å². The van der Waals surface area contributed by atoms with Gasteiger partial charge in [0.05, 0.1) is 4.90 Å². The van der Waals surface area contributed by atoms with Crippen molar-refractivity contribution in [3.8, 4) is 0 Å². The minimum absolute atomic E-state index is 0.220. The molecule has 0 bridgehead atoms. The molecule has 30 heavy (non-hydrogen) atoms. The number of hydrogen-bond donors (Lipinski definition) is 1. The number of carbonyl (C=O) groups is 1. The maximum atomic E-state index is 13.0. The first-order chi connectivity index (χ1) is 14.5. The van der Waals surface area contributed by atoms with Crippen molar-refractivity contribution in [3.63, 3.8) is 0 Å². The molecule has 1 aromatic heterocycles. The second-order valence-corrected chi connectivity index (χ2v) is 8.88. The Balaban J connectivity index is 1.40. The second-order valence-electron chi connectivity index (χ2n) is 6.94. The fourth-order valence-corrected chi connectivity index (χ4v) is 4.81. The lowest BCUT2D eigenvalue weighted by Crippen LogP contribution is -2.48. The van der Waals surface area contributed by atoms with Crippen molar-refractivity contribution in [2.75, 3.05) is 36.4 Å². The number of aromatic nitrogens is 1. The van der Waals surface area contributed by atoms with Crippen LogP contribution in [0.3, 0.4) is 0 Å². The third kappa shape index (κ3) is 4.34. The molecule has 3 aromatic rings. The Labute approximate surface area is 176 Å². The van der Waals surface area contributed by atoms with Crippen molar-refractivity contribution in [1.29, 1.82) is 0 Å². The van der Waals surface area contributed by atoms with E-state index in [2.05, 4.69) is 15.2 Å². The highest BCUT2D eigenvalue weighted by atomic mass is 32.2. The van der Waals surface area contributed by atoms with E-state index in [0.29, 0.717) is 37.4 Å². The standard InChI is InChI=1S/C22H22N4O3S/c27-22(18-10-12-23-13-11-18)24-19-6-8-21(9-7-19)30(28,29)26-16-14-25(15-17-26)20-4-2-1-3-5-20/h1-13H,14-17H2,(H,24,27). The number of anilines is 2. The molecule has 1 aliphatic heterocycles. The number of piperazine rings is 1. The number of rotatable bonds is 5. The highest BCUT2D eigenvalue weighted by Gasteiger charge is 2.28. The van der Waals surface area contributed by atoms with E-state index in [0.717, 1.165) is 5.69 Å². The smallest absolute Gasteiger partial charge is 0.255 e. The summed E-state index contributed by atoms with van der Waals surface area (Å²) in [5.74, 6) is -0.273. The molecule has 0 radical (unpaired) electrons. The number of nitrogens with one attached hydrogen (secondary N) is 1. The molecule has 8 heteroatoms. The molecule has 2 aromatic carbocycles. The van der Waals surface area contributed by atoms with Crippen LogP contribution in [-0.4, -0.2) is 49.8 Å². The van der Waals surface area contributed by atoms with E-state index in [1.807, 2.05) is 30.3 Å². The van der Waals surface area contributed by atoms with Gasteiger partial charge >= 0.3 is 0 Å². The second kappa shape index (κ2) is 8.64. The predicted octanol–water partition coefficient (Wildman–Crippen LogP) is 2.84. The zero-order valence-corrected chi connectivity index (χ0v) is 17.1. The van der Waals surface area contributed by atoms with E-state index < -0.39 is 10.0 Å². The average Bonchev–Trinajstić information content (AvgIpc) is 2.81. The molecular weight excluding hydrogens is 400 g/mol. The highest BCUT2D eigenvalue weighted by molar-refractivity contribution is 7.89. The summed E-state index contributed by atoms with van der Waals surface area (Å²) in [6.45, 7) is 2.14. The molecule has 0 aliphatic carbocycles. The summed E-state index contributed by atoms with van der Waals surface area (Å²) >= 11 is 0. The van der Waals surface area contributed by atoms with E-state index >= 15 is 0 Å². The molecule has 0 unspecified atom stereocenters. The van der Waals surface area contributed by atoms with Crippen LogP contribution in [0, 0.1) is 0 Å². The van der Waals surface area contributed by atoms with Gasteiger partial charge in [0, 0.05) is 55.5 Å². The van der Waals surface area contributed by atoms with Gasteiger partial charge in [0.25, 0.3) is 5.91 Å². The third-order valence-electron chi connectivity index (χ3n) is 5.05. The van der Waals surface area contributed by atoms with Crippen molar-refractivity contribution in [2.45, 2.75) is 4.90 Å². The Morgan fingerprint density at radius 2 is 1.47 bits per heavy atom. The Kier molecular flexibility index (Phi) is 5.78. The van der Waals surface area contributed by atoms with Crippen LogP contribution in [-0.2, 0) is 10.0 Å². The normalized spacial score (nSPS) is 15.0. The van der Waals surface area contributed by atoms with Gasteiger partial charge in [0.15, 0.2) is 0 Å². The number of benzene rings is 2. The lowest BCUT2D eigenvalue weighted by molar-refractivity contribution is 0.102. The molecular formula is C22H22N4O3S. The molecule has 1 saturated heterocycles. The Bertz CT molecular complexity index is 1100. The summed E-state index contributed by atoms with van der Waals surface area (Å²) in [4.78, 5) is 18.5. The molecule has 1 fully saturated rings. The summed E-state index contributed by atoms with van der Waals surface area (Å²) in [5, 5.41) is 2.76. The van der Waals surface area contributed by atoms with Gasteiger partial charge in [-0.05, 0) is 48.5 Å². The summed E-state index contributed by atoms with van der Waals surface area (Å²) in [5.41, 5.74) is 2.12. The van der Waals surface area contributed by atoms with Gasteiger partial charge in [0.2, 0.25) is 10.0 Å². The van der Waals surface area contributed by atoms with E-state index in [1.54, 1.807) is 36.7 Å². The Hall–Kier alpha value is -3.23. The van der Waals surface area contributed by atoms with Crippen LogP contribution in [0.1, 0.15) is 10.4 Å². The molecule has 0 atom stereocenters. The van der Waals surface area contributed by atoms with Crippen molar-refractivity contribution >= 4 is 27.3 Å². The number of para-hydroxylation sites is 1. The minimum Gasteiger partial charge on any atom is -0.369 e. The molecule has 154 valence electrons. The Morgan fingerprint density at radius 3 is 2.10 bits per heavy atom. The van der Waals surface area contributed by atoms with Gasteiger partial charge in [-0.25, -0.2) is 8.42 Å². The molecule has 4 rings (SSSR count). The first kappa shape index (κ1) is 20.1. The molecule has 0 spiro atoms. The molecule has 1 N–H and O–H groups in total. The van der Waals surface area contributed by atoms with E-state index in [9.17, 15) is 13.2 Å². The van der Waals surface area contributed by atoms with Gasteiger partial charge in [0.1, 0.15) is 0 Å². The van der Waals surface area contributed by atoms with Crippen molar-refractivity contribution in [3.05, 3.63) is 84.7 Å². The number of carbonyl (C=O) groups excluding carboxylic acids is 1. The fourth-order valence-electron chi connectivity index (χ4n) is 3.39. The highest BCUT2D eigenvalue weighted by Crippen LogP contribution is 2.22. The van der Waals surface area contributed by atoms with Gasteiger partial charge < -0.3 is 10.2 Å². The van der Waals surface area contributed by atoms with Crippen LogP contribution in [0.25, 0.3) is 0 Å². The van der Waals surface area contributed by atoms with Crippen molar-refractivity contribution in [1.82, 2.24) is 9.29 Å². The number of sulfonamides is 1. The monoisotopic (exact) mass is 422 g/mol. The van der Waals surface area contributed by atoms with Crippen LogP contribution < -0.4 is 10.2 Å². The van der Waals surface area contributed by atoms with Crippen molar-refractivity contribution < 1.29 is 13.2 Å². The Morgan fingerprint density at radius 1 is 0.833 bits per heavy atom. The summed E-state index contributed by atoms with van der Waals surface area (Å²) in [6.07, 6.45) is 3.09.